The monoisotopic (exact) mass is 217 g/mol. The van der Waals surface area contributed by atoms with Crippen molar-refractivity contribution in [1.82, 2.24) is 4.98 Å². The van der Waals surface area contributed by atoms with E-state index in [1.54, 1.807) is 11.3 Å². The maximum Gasteiger partial charge on any atom is 0.120 e. The van der Waals surface area contributed by atoms with Gasteiger partial charge < -0.3 is 4.79 Å². The van der Waals surface area contributed by atoms with Crippen molar-refractivity contribution in [3.05, 3.63) is 40.7 Å². The number of aryl methyl sites for hydroxylation is 1. The first-order valence-electron chi connectivity index (χ1n) is 4.83. The van der Waals surface area contributed by atoms with Crippen molar-refractivity contribution in [3.8, 4) is 11.3 Å². The fourth-order valence-corrected chi connectivity index (χ4v) is 2.17. The summed E-state index contributed by atoms with van der Waals surface area (Å²) in [6.07, 6.45) is 2.24. The lowest BCUT2D eigenvalue weighted by atomic mass is 10.2. The summed E-state index contributed by atoms with van der Waals surface area (Å²) in [5.74, 6) is 0. The predicted molar refractivity (Wildman–Crippen MR) is 61.9 cm³/mol. The highest BCUT2D eigenvalue weighted by Gasteiger charge is 2.03. The summed E-state index contributed by atoms with van der Waals surface area (Å²) in [6.45, 7) is 0. The molecule has 0 atom stereocenters. The number of thiazole rings is 1. The Morgan fingerprint density at radius 3 is 2.80 bits per heavy atom. The van der Waals surface area contributed by atoms with E-state index >= 15 is 0 Å². The fourth-order valence-electron chi connectivity index (χ4n) is 1.35. The Balaban J connectivity index is 2.17. The van der Waals surface area contributed by atoms with Gasteiger partial charge in [-0.15, -0.1) is 11.3 Å². The summed E-state index contributed by atoms with van der Waals surface area (Å²) in [7, 11) is 0. The molecule has 0 fully saturated rings. The van der Waals surface area contributed by atoms with Gasteiger partial charge in [-0.25, -0.2) is 4.98 Å². The normalized spacial score (nSPS) is 10.1. The molecular formula is C12H11NOS. The zero-order chi connectivity index (χ0) is 10.5. The van der Waals surface area contributed by atoms with Crippen molar-refractivity contribution in [2.75, 3.05) is 0 Å². The molecule has 1 heterocycles. The number of benzene rings is 1. The van der Waals surface area contributed by atoms with Crippen molar-refractivity contribution < 1.29 is 4.79 Å². The highest BCUT2D eigenvalue weighted by Crippen LogP contribution is 2.21. The molecule has 0 unspecified atom stereocenters. The van der Waals surface area contributed by atoms with E-state index in [0.29, 0.717) is 6.42 Å². The van der Waals surface area contributed by atoms with Gasteiger partial charge in [0.15, 0.2) is 0 Å². The summed E-state index contributed by atoms with van der Waals surface area (Å²) in [6, 6.07) is 10.1. The van der Waals surface area contributed by atoms with E-state index in [1.165, 1.54) is 0 Å². The second kappa shape index (κ2) is 4.84. The standard InChI is InChI=1S/C12H11NOS/c14-8-4-7-12-13-11(9-15-12)10-5-2-1-3-6-10/h1-3,5-6,8-9H,4,7H2. The van der Waals surface area contributed by atoms with Crippen molar-refractivity contribution in [2.24, 2.45) is 0 Å². The lowest BCUT2D eigenvalue weighted by molar-refractivity contribution is -0.107. The largest absolute Gasteiger partial charge is 0.303 e. The first kappa shape index (κ1) is 10.1. The summed E-state index contributed by atoms with van der Waals surface area (Å²) in [5.41, 5.74) is 2.13. The van der Waals surface area contributed by atoms with Crippen LogP contribution in [-0.4, -0.2) is 11.3 Å². The van der Waals surface area contributed by atoms with E-state index in [4.69, 9.17) is 0 Å². The smallest absolute Gasteiger partial charge is 0.120 e. The molecule has 0 aliphatic heterocycles. The molecule has 0 radical (unpaired) electrons. The summed E-state index contributed by atoms with van der Waals surface area (Å²) >= 11 is 1.61. The van der Waals surface area contributed by atoms with E-state index in [1.807, 2.05) is 35.7 Å². The number of hydrogen-bond acceptors (Lipinski definition) is 3. The van der Waals surface area contributed by atoms with Gasteiger partial charge >= 0.3 is 0 Å². The molecule has 0 N–H and O–H groups in total. The molecule has 1 aromatic carbocycles. The fraction of sp³-hybridized carbons (Fsp3) is 0.167. The molecule has 15 heavy (non-hydrogen) atoms. The van der Waals surface area contributed by atoms with Gasteiger partial charge in [0.2, 0.25) is 0 Å². The molecule has 0 aliphatic carbocycles. The molecule has 0 saturated heterocycles. The van der Waals surface area contributed by atoms with Crippen LogP contribution >= 0.6 is 11.3 Å². The van der Waals surface area contributed by atoms with E-state index in [-0.39, 0.29) is 0 Å². The quantitative estimate of drug-likeness (QED) is 0.737. The number of carbonyl (C=O) groups excluding carboxylic acids is 1. The van der Waals surface area contributed by atoms with Crippen LogP contribution in [0.2, 0.25) is 0 Å². The van der Waals surface area contributed by atoms with Crippen LogP contribution in [0, 0.1) is 0 Å². The van der Waals surface area contributed by atoms with Crippen LogP contribution in [0.1, 0.15) is 11.4 Å². The molecule has 2 nitrogen and oxygen atoms in total. The number of rotatable bonds is 4. The van der Waals surface area contributed by atoms with Gasteiger partial charge in [-0.2, -0.15) is 0 Å². The predicted octanol–water partition coefficient (Wildman–Crippen LogP) is 2.94. The Labute approximate surface area is 92.6 Å². The minimum absolute atomic E-state index is 0.557. The Bertz CT molecular complexity index is 436. The van der Waals surface area contributed by atoms with Crippen LogP contribution in [0.3, 0.4) is 0 Å². The van der Waals surface area contributed by atoms with Crippen LogP contribution in [0.4, 0.5) is 0 Å². The second-order valence-electron chi connectivity index (χ2n) is 3.20. The van der Waals surface area contributed by atoms with Gasteiger partial charge in [0.05, 0.1) is 10.7 Å². The highest BCUT2D eigenvalue weighted by atomic mass is 32.1. The number of carbonyl (C=O) groups is 1. The van der Waals surface area contributed by atoms with Gasteiger partial charge in [0.1, 0.15) is 6.29 Å². The van der Waals surface area contributed by atoms with E-state index < -0.39 is 0 Å². The third kappa shape index (κ3) is 2.50. The Kier molecular flexibility index (Phi) is 3.25. The third-order valence-electron chi connectivity index (χ3n) is 2.10. The molecule has 2 rings (SSSR count). The molecule has 0 amide bonds. The van der Waals surface area contributed by atoms with Crippen molar-refractivity contribution in [3.63, 3.8) is 0 Å². The van der Waals surface area contributed by atoms with Crippen LogP contribution < -0.4 is 0 Å². The first-order chi connectivity index (χ1) is 7.40. The number of nitrogens with zero attached hydrogens (tertiary/aromatic N) is 1. The molecule has 1 aromatic heterocycles. The zero-order valence-electron chi connectivity index (χ0n) is 8.22. The molecular weight excluding hydrogens is 206 g/mol. The van der Waals surface area contributed by atoms with Crippen molar-refractivity contribution in [1.29, 1.82) is 0 Å². The molecule has 0 bridgehead atoms. The van der Waals surface area contributed by atoms with Crippen LogP contribution in [0.5, 0.6) is 0 Å². The van der Waals surface area contributed by atoms with Gasteiger partial charge in [0, 0.05) is 23.8 Å². The maximum atomic E-state index is 10.2. The van der Waals surface area contributed by atoms with Gasteiger partial charge in [-0.1, -0.05) is 30.3 Å². The van der Waals surface area contributed by atoms with E-state index in [9.17, 15) is 4.79 Å². The van der Waals surface area contributed by atoms with Crippen LogP contribution in [0.25, 0.3) is 11.3 Å². The summed E-state index contributed by atoms with van der Waals surface area (Å²) in [4.78, 5) is 14.7. The average molecular weight is 217 g/mol. The van der Waals surface area contributed by atoms with Crippen molar-refractivity contribution >= 4 is 17.6 Å². The molecule has 0 spiro atoms. The average Bonchev–Trinajstić information content (AvgIpc) is 2.76. The molecule has 0 aliphatic rings. The topological polar surface area (TPSA) is 30.0 Å². The maximum absolute atomic E-state index is 10.2. The second-order valence-corrected chi connectivity index (χ2v) is 4.14. The molecule has 2 aromatic rings. The Morgan fingerprint density at radius 2 is 2.07 bits per heavy atom. The molecule has 3 heteroatoms. The van der Waals surface area contributed by atoms with Gasteiger partial charge in [-0.05, 0) is 0 Å². The Morgan fingerprint density at radius 1 is 1.27 bits per heavy atom. The minimum Gasteiger partial charge on any atom is -0.303 e. The summed E-state index contributed by atoms with van der Waals surface area (Å²) in [5, 5.41) is 3.07. The Hall–Kier alpha value is -1.48. The molecule has 0 saturated carbocycles. The lowest BCUT2D eigenvalue weighted by Gasteiger charge is -1.93. The van der Waals surface area contributed by atoms with Gasteiger partial charge in [-0.3, -0.25) is 0 Å². The summed E-state index contributed by atoms with van der Waals surface area (Å²) < 4.78 is 0. The zero-order valence-corrected chi connectivity index (χ0v) is 9.04. The van der Waals surface area contributed by atoms with Crippen LogP contribution in [-0.2, 0) is 11.2 Å². The minimum atomic E-state index is 0.557. The number of hydrogen-bond donors (Lipinski definition) is 0. The lowest BCUT2D eigenvalue weighted by Crippen LogP contribution is -1.85. The van der Waals surface area contributed by atoms with Crippen LogP contribution in [0.15, 0.2) is 35.7 Å². The first-order valence-corrected chi connectivity index (χ1v) is 5.71. The molecule has 76 valence electrons. The van der Waals surface area contributed by atoms with E-state index in [0.717, 1.165) is 29.0 Å². The SMILES string of the molecule is O=CCCc1nc(-c2ccccc2)cs1. The highest BCUT2D eigenvalue weighted by molar-refractivity contribution is 7.09. The van der Waals surface area contributed by atoms with Crippen molar-refractivity contribution in [2.45, 2.75) is 12.8 Å². The number of aldehydes is 1. The number of aromatic nitrogens is 1. The van der Waals surface area contributed by atoms with Gasteiger partial charge in [0.25, 0.3) is 0 Å². The van der Waals surface area contributed by atoms with E-state index in [2.05, 4.69) is 4.98 Å². The third-order valence-corrected chi connectivity index (χ3v) is 3.01.